The van der Waals surface area contributed by atoms with E-state index in [0.29, 0.717) is 41.8 Å². The Morgan fingerprint density at radius 3 is 2.40 bits per heavy atom. The van der Waals surface area contributed by atoms with Gasteiger partial charge < -0.3 is 24.4 Å². The number of rotatable bonds is 11. The van der Waals surface area contributed by atoms with Crippen molar-refractivity contribution in [3.63, 3.8) is 0 Å². The Morgan fingerprint density at radius 1 is 0.886 bits per heavy atom. The van der Waals surface area contributed by atoms with Crippen molar-refractivity contribution in [3.05, 3.63) is 82.0 Å². The second-order valence-electron chi connectivity index (χ2n) is 7.89. The molecule has 1 heterocycles. The van der Waals surface area contributed by atoms with Crippen molar-refractivity contribution in [3.8, 4) is 45.1 Å². The molecule has 0 fully saturated rings. The third-order valence-electron chi connectivity index (χ3n) is 5.17. The van der Waals surface area contributed by atoms with Crippen LogP contribution in [-0.2, 0) is 6.42 Å². The maximum absolute atomic E-state index is 11.4. The van der Waals surface area contributed by atoms with Crippen molar-refractivity contribution in [2.45, 2.75) is 26.2 Å². The summed E-state index contributed by atoms with van der Waals surface area (Å²) in [7, 11) is 0. The van der Waals surface area contributed by atoms with Crippen molar-refractivity contribution in [1.29, 1.82) is 0 Å². The fraction of sp³-hybridized carbons (Fsp3) is 0.222. The van der Waals surface area contributed by atoms with Crippen LogP contribution in [-0.4, -0.2) is 28.4 Å². The van der Waals surface area contributed by atoms with Crippen molar-refractivity contribution in [1.82, 2.24) is 4.98 Å². The molecule has 3 N–H and O–H groups in total. The minimum Gasteiger partial charge on any atom is -0.508 e. The molecule has 0 bridgehead atoms. The maximum Gasteiger partial charge on any atom is 0.307 e. The van der Waals surface area contributed by atoms with E-state index >= 15 is 0 Å². The minimum absolute atomic E-state index is 0.132. The molecule has 0 radical (unpaired) electrons. The van der Waals surface area contributed by atoms with Crippen LogP contribution in [0.1, 0.15) is 25.3 Å². The summed E-state index contributed by atoms with van der Waals surface area (Å²) < 4.78 is 17.8. The average molecular weight is 494 g/mol. The fourth-order valence-electron chi connectivity index (χ4n) is 3.55. The van der Waals surface area contributed by atoms with Crippen LogP contribution >= 0.6 is 11.3 Å². The van der Waals surface area contributed by atoms with Gasteiger partial charge in [-0.25, -0.2) is 0 Å². The third-order valence-corrected chi connectivity index (χ3v) is 6.09. The molecule has 1 aromatic heterocycles. The molecule has 0 unspecified atom stereocenters. The lowest BCUT2D eigenvalue weighted by molar-refractivity contribution is 0.246. The molecular weight excluding hydrogens is 466 g/mol. The molecule has 4 rings (SSSR count). The molecule has 0 atom stereocenters. The highest BCUT2D eigenvalue weighted by molar-refractivity contribution is 7.13. The Bertz CT molecular complexity index is 1310. The predicted octanol–water partition coefficient (Wildman–Crippen LogP) is 6.11. The third kappa shape index (κ3) is 6.58. The van der Waals surface area contributed by atoms with Gasteiger partial charge in [0.05, 0.1) is 18.1 Å². The molecule has 7 nitrogen and oxygen atoms in total. The number of thiazole rings is 1. The summed E-state index contributed by atoms with van der Waals surface area (Å²) in [5.41, 5.74) is 1.79. The Hall–Kier alpha value is -3.91. The van der Waals surface area contributed by atoms with Crippen LogP contribution in [0.15, 0.2) is 71.5 Å². The van der Waals surface area contributed by atoms with Crippen LogP contribution in [0.2, 0.25) is 0 Å². The molecule has 0 aliphatic rings. The van der Waals surface area contributed by atoms with Crippen LogP contribution in [0.4, 0.5) is 0 Å². The number of benzene rings is 3. The largest absolute Gasteiger partial charge is 0.508 e. The monoisotopic (exact) mass is 493 g/mol. The average Bonchev–Trinajstić information content (AvgIpc) is 3.20. The Labute approximate surface area is 207 Å². The van der Waals surface area contributed by atoms with E-state index in [0.717, 1.165) is 41.1 Å². The molecule has 35 heavy (non-hydrogen) atoms. The SMILES string of the molecule is CCCc1cc(Oc2ccc(O)cc2)ccc1OCCCOc1cccc(-c2sc(=O)[nH]c2O)c1. The molecule has 3 aromatic carbocycles. The zero-order chi connectivity index (χ0) is 24.6. The lowest BCUT2D eigenvalue weighted by Crippen LogP contribution is -2.06. The van der Waals surface area contributed by atoms with Gasteiger partial charge in [-0.15, -0.1) is 0 Å². The molecular formula is C27H27NO6S. The molecule has 0 spiro atoms. The second-order valence-corrected chi connectivity index (χ2v) is 8.87. The Morgan fingerprint density at radius 2 is 1.66 bits per heavy atom. The van der Waals surface area contributed by atoms with Gasteiger partial charge in [-0.1, -0.05) is 36.8 Å². The molecule has 0 amide bonds. The number of ether oxygens (including phenoxy) is 3. The lowest BCUT2D eigenvalue weighted by Gasteiger charge is -2.14. The summed E-state index contributed by atoms with van der Waals surface area (Å²) in [5, 5.41) is 19.3. The number of aryl methyl sites for hydroxylation is 1. The van der Waals surface area contributed by atoms with Crippen LogP contribution in [0, 0.1) is 0 Å². The van der Waals surface area contributed by atoms with E-state index in [1.165, 1.54) is 0 Å². The first-order valence-corrected chi connectivity index (χ1v) is 12.2. The normalized spacial score (nSPS) is 10.8. The van der Waals surface area contributed by atoms with Crippen LogP contribution in [0.25, 0.3) is 10.4 Å². The lowest BCUT2D eigenvalue weighted by atomic mass is 10.1. The van der Waals surface area contributed by atoms with Gasteiger partial charge in [0.1, 0.15) is 28.7 Å². The van der Waals surface area contributed by atoms with Crippen molar-refractivity contribution >= 4 is 11.3 Å². The number of aromatic nitrogens is 1. The number of phenolic OH excluding ortho intramolecular Hbond substituents is 1. The van der Waals surface area contributed by atoms with Gasteiger partial charge in [0.25, 0.3) is 0 Å². The molecule has 0 aliphatic heterocycles. The Kier molecular flexibility index (Phi) is 7.95. The van der Waals surface area contributed by atoms with E-state index in [9.17, 15) is 15.0 Å². The number of H-pyrrole nitrogens is 1. The van der Waals surface area contributed by atoms with Crippen LogP contribution in [0.5, 0.6) is 34.6 Å². The van der Waals surface area contributed by atoms with Gasteiger partial charge in [0, 0.05) is 12.0 Å². The number of aromatic amines is 1. The summed E-state index contributed by atoms with van der Waals surface area (Å²) in [6, 6.07) is 19.7. The van der Waals surface area contributed by atoms with Gasteiger partial charge in [-0.05, 0) is 66.6 Å². The van der Waals surface area contributed by atoms with Crippen LogP contribution in [0.3, 0.4) is 0 Å². The number of hydrogen-bond donors (Lipinski definition) is 3. The highest BCUT2D eigenvalue weighted by Crippen LogP contribution is 2.32. The van der Waals surface area contributed by atoms with Crippen molar-refractivity contribution in [2.75, 3.05) is 13.2 Å². The first kappa shape index (κ1) is 24.2. The van der Waals surface area contributed by atoms with E-state index < -0.39 is 0 Å². The zero-order valence-corrected chi connectivity index (χ0v) is 20.1. The number of phenols is 1. The standard InChI is InChI=1S/C27H27NO6S/c1-2-5-18-16-23(34-21-10-8-20(29)9-11-21)12-13-24(18)33-15-4-14-32-22-7-3-6-19(17-22)25-26(30)28-27(31)35-25/h3,6-13,16-17,29-30H,2,4-5,14-15H2,1H3,(H,28,31). The quantitative estimate of drug-likeness (QED) is 0.218. The summed E-state index contributed by atoms with van der Waals surface area (Å²) in [6.45, 7) is 3.07. The van der Waals surface area contributed by atoms with Crippen molar-refractivity contribution < 1.29 is 24.4 Å². The predicted molar refractivity (Wildman–Crippen MR) is 136 cm³/mol. The van der Waals surface area contributed by atoms with E-state index in [2.05, 4.69) is 11.9 Å². The second kappa shape index (κ2) is 11.5. The van der Waals surface area contributed by atoms with Gasteiger partial charge >= 0.3 is 4.87 Å². The molecule has 0 aliphatic carbocycles. The summed E-state index contributed by atoms with van der Waals surface area (Å²) >= 11 is 0.957. The van der Waals surface area contributed by atoms with E-state index in [-0.39, 0.29) is 16.5 Å². The first-order valence-electron chi connectivity index (χ1n) is 11.4. The zero-order valence-electron chi connectivity index (χ0n) is 19.3. The highest BCUT2D eigenvalue weighted by atomic mass is 32.1. The topological polar surface area (TPSA) is 101 Å². The van der Waals surface area contributed by atoms with Crippen molar-refractivity contribution in [2.24, 2.45) is 0 Å². The number of nitrogens with one attached hydrogen (secondary N) is 1. The van der Waals surface area contributed by atoms with E-state index in [4.69, 9.17) is 14.2 Å². The van der Waals surface area contributed by atoms with Gasteiger partial charge in [-0.3, -0.25) is 9.78 Å². The van der Waals surface area contributed by atoms with E-state index in [1.54, 1.807) is 30.3 Å². The fourth-order valence-corrected chi connectivity index (χ4v) is 4.27. The molecule has 8 heteroatoms. The van der Waals surface area contributed by atoms with Crippen LogP contribution < -0.4 is 19.1 Å². The molecule has 0 saturated carbocycles. The first-order chi connectivity index (χ1) is 17.0. The van der Waals surface area contributed by atoms with Gasteiger partial charge in [0.2, 0.25) is 5.88 Å². The van der Waals surface area contributed by atoms with Gasteiger partial charge in [0.15, 0.2) is 0 Å². The Balaban J connectivity index is 1.30. The minimum atomic E-state index is -0.302. The maximum atomic E-state index is 11.4. The highest BCUT2D eigenvalue weighted by Gasteiger charge is 2.10. The van der Waals surface area contributed by atoms with E-state index in [1.807, 2.05) is 36.4 Å². The van der Waals surface area contributed by atoms with Gasteiger partial charge in [-0.2, -0.15) is 0 Å². The summed E-state index contributed by atoms with van der Waals surface area (Å²) in [6.07, 6.45) is 2.53. The number of aromatic hydroxyl groups is 2. The smallest absolute Gasteiger partial charge is 0.307 e. The summed E-state index contributed by atoms with van der Waals surface area (Å²) in [5.74, 6) is 2.92. The molecule has 0 saturated heterocycles. The molecule has 182 valence electrons. The number of hydrogen-bond acceptors (Lipinski definition) is 7. The molecule has 4 aromatic rings. The summed E-state index contributed by atoms with van der Waals surface area (Å²) in [4.78, 5) is 14.0.